The summed E-state index contributed by atoms with van der Waals surface area (Å²) in [7, 11) is 0. The highest BCUT2D eigenvalue weighted by Gasteiger charge is 2.21. The van der Waals surface area contributed by atoms with Gasteiger partial charge in [-0.25, -0.2) is 4.98 Å². The third kappa shape index (κ3) is 3.47. The van der Waals surface area contributed by atoms with E-state index in [9.17, 15) is 4.79 Å². The largest absolute Gasteiger partial charge is 0.345 e. The lowest BCUT2D eigenvalue weighted by Gasteiger charge is -2.23. The van der Waals surface area contributed by atoms with Crippen molar-refractivity contribution in [1.82, 2.24) is 10.3 Å². The summed E-state index contributed by atoms with van der Waals surface area (Å²) in [4.78, 5) is 15.8. The van der Waals surface area contributed by atoms with Crippen LogP contribution >= 0.6 is 27.5 Å². The fourth-order valence-electron chi connectivity index (χ4n) is 0.953. The van der Waals surface area contributed by atoms with E-state index in [1.165, 1.54) is 0 Å². The van der Waals surface area contributed by atoms with E-state index in [2.05, 4.69) is 26.2 Å². The molecule has 82 valence electrons. The second kappa shape index (κ2) is 4.94. The fourth-order valence-corrected chi connectivity index (χ4v) is 1.45. The Balaban J connectivity index is 2.83. The van der Waals surface area contributed by atoms with E-state index in [-0.39, 0.29) is 5.91 Å². The fraction of sp³-hybridized carbons (Fsp3) is 0.400. The first-order chi connectivity index (χ1) is 6.96. The maximum atomic E-state index is 11.8. The van der Waals surface area contributed by atoms with E-state index in [1.807, 2.05) is 13.8 Å². The minimum absolute atomic E-state index is 0.229. The number of nitrogens with one attached hydrogen (secondary N) is 1. The molecule has 0 atom stereocenters. The van der Waals surface area contributed by atoms with Crippen LogP contribution in [0, 0.1) is 0 Å². The molecule has 1 N–H and O–H groups in total. The Kier molecular flexibility index (Phi) is 4.11. The van der Waals surface area contributed by atoms with Crippen LogP contribution in [0.25, 0.3) is 0 Å². The van der Waals surface area contributed by atoms with Gasteiger partial charge >= 0.3 is 0 Å². The molecule has 0 aliphatic carbocycles. The van der Waals surface area contributed by atoms with Gasteiger partial charge in [0, 0.05) is 22.1 Å². The number of hydrogen-bond acceptors (Lipinski definition) is 2. The van der Waals surface area contributed by atoms with Crippen LogP contribution in [0.3, 0.4) is 0 Å². The molecule has 0 fully saturated rings. The molecule has 0 bridgehead atoms. The lowest BCUT2D eigenvalue weighted by molar-refractivity contribution is 0.0914. The molecule has 0 unspecified atom stereocenters. The van der Waals surface area contributed by atoms with Crippen molar-refractivity contribution < 1.29 is 4.79 Å². The molecule has 0 saturated heterocycles. The highest BCUT2D eigenvalue weighted by molar-refractivity contribution is 9.10. The Morgan fingerprint density at radius 1 is 1.67 bits per heavy atom. The molecule has 0 radical (unpaired) electrons. The molecule has 0 aliphatic heterocycles. The van der Waals surface area contributed by atoms with Gasteiger partial charge in [-0.2, -0.15) is 0 Å². The second-order valence-corrected chi connectivity index (χ2v) is 4.93. The molecule has 1 heterocycles. The summed E-state index contributed by atoms with van der Waals surface area (Å²) >= 11 is 8.99. The molecule has 0 spiro atoms. The van der Waals surface area contributed by atoms with Gasteiger partial charge in [-0.15, -0.1) is 11.6 Å². The molecule has 0 saturated carbocycles. The molecule has 1 aromatic heterocycles. The molecule has 5 heteroatoms. The molecule has 3 nitrogen and oxygen atoms in total. The highest BCUT2D eigenvalue weighted by atomic mass is 79.9. The lowest BCUT2D eigenvalue weighted by Crippen LogP contribution is -2.45. The third-order valence-corrected chi connectivity index (χ3v) is 3.07. The van der Waals surface area contributed by atoms with Gasteiger partial charge in [0.2, 0.25) is 0 Å². The van der Waals surface area contributed by atoms with Crippen LogP contribution in [-0.2, 0) is 0 Å². The van der Waals surface area contributed by atoms with Crippen molar-refractivity contribution in [1.29, 1.82) is 0 Å². The first-order valence-electron chi connectivity index (χ1n) is 4.45. The van der Waals surface area contributed by atoms with Crippen LogP contribution in [0.2, 0.25) is 0 Å². The quantitative estimate of drug-likeness (QED) is 0.870. The average Bonchev–Trinajstić information content (AvgIpc) is 2.17. The molecule has 1 rings (SSSR count). The SMILES string of the molecule is CC(C)(CCl)NC(=O)c1ncccc1Br. The topological polar surface area (TPSA) is 42.0 Å². The van der Waals surface area contributed by atoms with Crippen molar-refractivity contribution in [2.45, 2.75) is 19.4 Å². The summed E-state index contributed by atoms with van der Waals surface area (Å²) in [6, 6.07) is 3.53. The molecular weight excluding hydrogens is 279 g/mol. The van der Waals surface area contributed by atoms with Gasteiger partial charge in [0.1, 0.15) is 5.69 Å². The highest BCUT2D eigenvalue weighted by Crippen LogP contribution is 2.14. The Morgan fingerprint density at radius 2 is 2.33 bits per heavy atom. The normalized spacial score (nSPS) is 11.2. The van der Waals surface area contributed by atoms with Gasteiger partial charge in [0.15, 0.2) is 0 Å². The first kappa shape index (κ1) is 12.5. The Labute approximate surface area is 102 Å². The molecule has 1 amide bonds. The number of alkyl halides is 1. The number of pyridine rings is 1. The maximum absolute atomic E-state index is 11.8. The summed E-state index contributed by atoms with van der Waals surface area (Å²) in [5.41, 5.74) is -0.0639. The monoisotopic (exact) mass is 290 g/mol. The van der Waals surface area contributed by atoms with Crippen molar-refractivity contribution in [2.75, 3.05) is 5.88 Å². The van der Waals surface area contributed by atoms with Crippen LogP contribution in [0.15, 0.2) is 22.8 Å². The van der Waals surface area contributed by atoms with E-state index in [1.54, 1.807) is 18.3 Å². The van der Waals surface area contributed by atoms with Crippen molar-refractivity contribution >= 4 is 33.4 Å². The summed E-state index contributed by atoms with van der Waals surface area (Å²) in [5, 5.41) is 2.80. The summed E-state index contributed by atoms with van der Waals surface area (Å²) < 4.78 is 0.674. The van der Waals surface area contributed by atoms with Crippen LogP contribution in [0.4, 0.5) is 0 Å². The van der Waals surface area contributed by atoms with Gasteiger partial charge in [-0.3, -0.25) is 4.79 Å². The number of amides is 1. The average molecular weight is 292 g/mol. The molecule has 0 aliphatic rings. The summed E-state index contributed by atoms with van der Waals surface area (Å²) in [5.74, 6) is 0.122. The van der Waals surface area contributed by atoms with E-state index >= 15 is 0 Å². The number of carbonyl (C=O) groups is 1. The number of hydrogen-bond donors (Lipinski definition) is 1. The van der Waals surface area contributed by atoms with Crippen LogP contribution < -0.4 is 5.32 Å². The minimum Gasteiger partial charge on any atom is -0.345 e. The van der Waals surface area contributed by atoms with Crippen molar-refractivity contribution in [3.05, 3.63) is 28.5 Å². The van der Waals surface area contributed by atoms with Crippen LogP contribution in [0.1, 0.15) is 24.3 Å². The maximum Gasteiger partial charge on any atom is 0.271 e. The van der Waals surface area contributed by atoms with Crippen molar-refractivity contribution in [2.24, 2.45) is 0 Å². The summed E-state index contributed by atoms with van der Waals surface area (Å²) in [6.45, 7) is 3.71. The van der Waals surface area contributed by atoms with E-state index in [0.29, 0.717) is 16.0 Å². The number of nitrogens with zero attached hydrogens (tertiary/aromatic N) is 1. The van der Waals surface area contributed by atoms with Crippen LogP contribution in [0.5, 0.6) is 0 Å². The minimum atomic E-state index is -0.435. The van der Waals surface area contributed by atoms with Gasteiger partial charge in [-0.05, 0) is 41.9 Å². The third-order valence-electron chi connectivity index (χ3n) is 1.76. The molecular formula is C10H12BrClN2O. The van der Waals surface area contributed by atoms with Crippen LogP contribution in [-0.4, -0.2) is 22.3 Å². The smallest absolute Gasteiger partial charge is 0.271 e. The first-order valence-corrected chi connectivity index (χ1v) is 5.78. The van der Waals surface area contributed by atoms with E-state index in [4.69, 9.17) is 11.6 Å². The van der Waals surface area contributed by atoms with Crippen molar-refractivity contribution in [3.63, 3.8) is 0 Å². The number of aromatic nitrogens is 1. The Bertz CT molecular complexity index is 368. The molecule has 0 aromatic carbocycles. The van der Waals surface area contributed by atoms with E-state index in [0.717, 1.165) is 0 Å². The zero-order valence-electron chi connectivity index (χ0n) is 8.55. The van der Waals surface area contributed by atoms with Gasteiger partial charge in [-0.1, -0.05) is 0 Å². The van der Waals surface area contributed by atoms with Crippen molar-refractivity contribution in [3.8, 4) is 0 Å². The molecule has 1 aromatic rings. The second-order valence-electron chi connectivity index (χ2n) is 3.81. The Hall–Kier alpha value is -0.610. The lowest BCUT2D eigenvalue weighted by atomic mass is 10.1. The van der Waals surface area contributed by atoms with Gasteiger partial charge < -0.3 is 5.32 Å². The zero-order chi connectivity index (χ0) is 11.5. The predicted octanol–water partition coefficient (Wildman–Crippen LogP) is 2.59. The van der Waals surface area contributed by atoms with E-state index < -0.39 is 5.54 Å². The molecule has 15 heavy (non-hydrogen) atoms. The Morgan fingerprint density at radius 3 is 2.87 bits per heavy atom. The number of carbonyl (C=O) groups excluding carboxylic acids is 1. The van der Waals surface area contributed by atoms with Gasteiger partial charge in [0.05, 0.1) is 0 Å². The number of halogens is 2. The predicted molar refractivity (Wildman–Crippen MR) is 64.2 cm³/mol. The van der Waals surface area contributed by atoms with Gasteiger partial charge in [0.25, 0.3) is 5.91 Å². The standard InChI is InChI=1S/C10H12BrClN2O/c1-10(2,6-12)14-9(15)8-7(11)4-3-5-13-8/h3-5H,6H2,1-2H3,(H,14,15). The summed E-state index contributed by atoms with van der Waals surface area (Å²) in [6.07, 6.45) is 1.58. The zero-order valence-corrected chi connectivity index (χ0v) is 10.9. The number of rotatable bonds is 3.